The van der Waals surface area contributed by atoms with Crippen molar-refractivity contribution in [2.24, 2.45) is 0 Å². The van der Waals surface area contributed by atoms with Gasteiger partial charge in [-0.3, -0.25) is 0 Å². The maximum absolute atomic E-state index is 4.83. The maximum atomic E-state index is 4.83. The highest BCUT2D eigenvalue weighted by molar-refractivity contribution is 7.98. The van der Waals surface area contributed by atoms with E-state index in [4.69, 9.17) is 4.98 Å². The number of nitrogens with zero attached hydrogens (tertiary/aromatic N) is 1. The van der Waals surface area contributed by atoms with Crippen LogP contribution in [0.2, 0.25) is 0 Å². The van der Waals surface area contributed by atoms with Crippen molar-refractivity contribution < 1.29 is 0 Å². The largest absolute Gasteiger partial charge is 0.306 e. The van der Waals surface area contributed by atoms with E-state index in [1.807, 2.05) is 11.8 Å². The van der Waals surface area contributed by atoms with Gasteiger partial charge in [-0.25, -0.2) is 4.98 Å². The zero-order valence-electron chi connectivity index (χ0n) is 12.4. The van der Waals surface area contributed by atoms with Crippen LogP contribution in [0.15, 0.2) is 5.38 Å². The van der Waals surface area contributed by atoms with Gasteiger partial charge in [-0.1, -0.05) is 34.6 Å². The SMILES string of the molecule is CSCCC(NC(C)C)c1nc(C(C)(C)C)cs1. The summed E-state index contributed by atoms with van der Waals surface area (Å²) in [7, 11) is 0. The topological polar surface area (TPSA) is 24.9 Å². The summed E-state index contributed by atoms with van der Waals surface area (Å²) in [6.07, 6.45) is 3.31. The highest BCUT2D eigenvalue weighted by Gasteiger charge is 2.21. The molecule has 0 amide bonds. The lowest BCUT2D eigenvalue weighted by Gasteiger charge is -2.19. The molecule has 0 spiro atoms. The van der Waals surface area contributed by atoms with E-state index in [1.165, 1.54) is 16.5 Å². The summed E-state index contributed by atoms with van der Waals surface area (Å²) in [4.78, 5) is 4.83. The average molecular weight is 287 g/mol. The fourth-order valence-electron chi connectivity index (χ4n) is 1.71. The summed E-state index contributed by atoms with van der Waals surface area (Å²) in [5, 5.41) is 7.08. The molecule has 2 nitrogen and oxygen atoms in total. The summed E-state index contributed by atoms with van der Waals surface area (Å²) < 4.78 is 0. The third-order valence-corrected chi connectivity index (χ3v) is 4.34. The van der Waals surface area contributed by atoms with Gasteiger partial charge in [-0.15, -0.1) is 11.3 Å². The summed E-state index contributed by atoms with van der Waals surface area (Å²) >= 11 is 3.69. The van der Waals surface area contributed by atoms with E-state index in [1.54, 1.807) is 11.3 Å². The molecule has 0 aromatic carbocycles. The monoisotopic (exact) mass is 286 g/mol. The van der Waals surface area contributed by atoms with Crippen molar-refractivity contribution in [3.05, 3.63) is 16.1 Å². The minimum atomic E-state index is 0.149. The number of aromatic nitrogens is 1. The molecule has 18 heavy (non-hydrogen) atoms. The number of thioether (sulfide) groups is 1. The molecule has 0 aliphatic carbocycles. The third kappa shape index (κ3) is 4.90. The molecule has 1 N–H and O–H groups in total. The van der Waals surface area contributed by atoms with Gasteiger partial charge in [0, 0.05) is 16.8 Å². The fourth-order valence-corrected chi connectivity index (χ4v) is 3.32. The van der Waals surface area contributed by atoms with Crippen molar-refractivity contribution in [3.63, 3.8) is 0 Å². The highest BCUT2D eigenvalue weighted by atomic mass is 32.2. The van der Waals surface area contributed by atoms with E-state index >= 15 is 0 Å². The predicted octanol–water partition coefficient (Wildman–Crippen LogP) is 4.23. The molecule has 0 radical (unpaired) electrons. The first-order valence-corrected chi connectivity index (χ1v) is 8.83. The van der Waals surface area contributed by atoms with Crippen LogP contribution in [0.5, 0.6) is 0 Å². The van der Waals surface area contributed by atoms with Crippen molar-refractivity contribution in [3.8, 4) is 0 Å². The Labute approximate surface area is 120 Å². The van der Waals surface area contributed by atoms with Crippen LogP contribution < -0.4 is 5.32 Å². The molecule has 1 heterocycles. The van der Waals surface area contributed by atoms with E-state index in [9.17, 15) is 0 Å². The van der Waals surface area contributed by atoms with Crippen LogP contribution in [-0.4, -0.2) is 23.0 Å². The molecule has 1 atom stereocenters. The normalized spacial score (nSPS) is 14.2. The van der Waals surface area contributed by atoms with Gasteiger partial charge in [0.05, 0.1) is 11.7 Å². The van der Waals surface area contributed by atoms with Gasteiger partial charge in [0.15, 0.2) is 0 Å². The lowest BCUT2D eigenvalue weighted by Crippen LogP contribution is -2.28. The predicted molar refractivity (Wildman–Crippen MR) is 84.8 cm³/mol. The molecule has 4 heteroatoms. The number of rotatable bonds is 6. The molecule has 0 aliphatic heterocycles. The molecule has 0 aliphatic rings. The lowest BCUT2D eigenvalue weighted by molar-refractivity contribution is 0.463. The van der Waals surface area contributed by atoms with Gasteiger partial charge in [0.2, 0.25) is 0 Å². The zero-order chi connectivity index (χ0) is 13.8. The first kappa shape index (κ1) is 16.0. The van der Waals surface area contributed by atoms with Crippen LogP contribution in [0.25, 0.3) is 0 Å². The number of nitrogens with one attached hydrogen (secondary N) is 1. The van der Waals surface area contributed by atoms with Crippen molar-refractivity contribution in [1.82, 2.24) is 10.3 Å². The smallest absolute Gasteiger partial charge is 0.110 e. The second-order valence-corrected chi connectivity index (χ2v) is 7.85. The van der Waals surface area contributed by atoms with Gasteiger partial charge in [-0.05, 0) is 18.4 Å². The summed E-state index contributed by atoms with van der Waals surface area (Å²) in [6.45, 7) is 11.1. The average Bonchev–Trinajstić information content (AvgIpc) is 2.72. The Morgan fingerprint density at radius 1 is 1.39 bits per heavy atom. The summed E-state index contributed by atoms with van der Waals surface area (Å²) in [5.41, 5.74) is 1.36. The first-order valence-electron chi connectivity index (χ1n) is 6.55. The van der Waals surface area contributed by atoms with Gasteiger partial charge in [-0.2, -0.15) is 11.8 Å². The molecule has 1 aromatic heterocycles. The molecular formula is C14H26N2S2. The minimum Gasteiger partial charge on any atom is -0.306 e. The Morgan fingerprint density at radius 2 is 2.06 bits per heavy atom. The summed E-state index contributed by atoms with van der Waals surface area (Å²) in [6, 6.07) is 0.900. The third-order valence-electron chi connectivity index (χ3n) is 2.73. The van der Waals surface area contributed by atoms with Gasteiger partial charge < -0.3 is 5.32 Å². The summed E-state index contributed by atoms with van der Waals surface area (Å²) in [5.74, 6) is 1.18. The van der Waals surface area contributed by atoms with E-state index < -0.39 is 0 Å². The molecular weight excluding hydrogens is 260 g/mol. The van der Waals surface area contributed by atoms with E-state index in [0.29, 0.717) is 12.1 Å². The fraction of sp³-hybridized carbons (Fsp3) is 0.786. The van der Waals surface area contributed by atoms with Crippen LogP contribution >= 0.6 is 23.1 Å². The second kappa shape index (κ2) is 6.92. The zero-order valence-corrected chi connectivity index (χ0v) is 14.0. The highest BCUT2D eigenvalue weighted by Crippen LogP contribution is 2.28. The molecule has 1 aromatic rings. The Morgan fingerprint density at radius 3 is 2.50 bits per heavy atom. The van der Waals surface area contributed by atoms with E-state index in [-0.39, 0.29) is 5.41 Å². The van der Waals surface area contributed by atoms with Crippen LogP contribution in [0.4, 0.5) is 0 Å². The standard InChI is InChI=1S/C14H26N2S2/c1-10(2)15-11(7-8-17-6)13-16-12(9-18-13)14(3,4)5/h9-11,15H,7-8H2,1-6H3. The quantitative estimate of drug-likeness (QED) is 0.847. The van der Waals surface area contributed by atoms with E-state index in [2.05, 4.69) is 51.6 Å². The molecule has 0 fully saturated rings. The van der Waals surface area contributed by atoms with Gasteiger partial charge in [0.1, 0.15) is 5.01 Å². The van der Waals surface area contributed by atoms with Gasteiger partial charge >= 0.3 is 0 Å². The molecule has 1 rings (SSSR count). The Bertz CT molecular complexity index is 353. The van der Waals surface area contributed by atoms with Crippen LogP contribution in [0.3, 0.4) is 0 Å². The second-order valence-electron chi connectivity index (χ2n) is 5.98. The number of hydrogen-bond donors (Lipinski definition) is 1. The molecule has 0 saturated heterocycles. The number of thiazole rings is 1. The van der Waals surface area contributed by atoms with Crippen molar-refractivity contribution in [2.75, 3.05) is 12.0 Å². The molecule has 0 bridgehead atoms. The number of hydrogen-bond acceptors (Lipinski definition) is 4. The van der Waals surface area contributed by atoms with Crippen LogP contribution in [-0.2, 0) is 5.41 Å². The Kier molecular flexibility index (Phi) is 6.15. The molecule has 1 unspecified atom stereocenters. The van der Waals surface area contributed by atoms with Crippen molar-refractivity contribution >= 4 is 23.1 Å². The lowest BCUT2D eigenvalue weighted by atomic mass is 9.93. The molecule has 0 saturated carbocycles. The van der Waals surface area contributed by atoms with E-state index in [0.717, 1.165) is 6.42 Å². The first-order chi connectivity index (χ1) is 8.34. The van der Waals surface area contributed by atoms with Crippen molar-refractivity contribution in [2.45, 2.75) is 58.5 Å². The Balaban J connectivity index is 2.81. The van der Waals surface area contributed by atoms with Crippen LogP contribution in [0.1, 0.15) is 57.8 Å². The Hall–Kier alpha value is -0.0600. The van der Waals surface area contributed by atoms with Crippen molar-refractivity contribution in [1.29, 1.82) is 0 Å². The maximum Gasteiger partial charge on any atom is 0.110 e. The minimum absolute atomic E-state index is 0.149. The van der Waals surface area contributed by atoms with Crippen LogP contribution in [0, 0.1) is 0 Å². The van der Waals surface area contributed by atoms with Gasteiger partial charge in [0.25, 0.3) is 0 Å². The molecule has 104 valence electrons.